The van der Waals surface area contributed by atoms with E-state index in [0.29, 0.717) is 13.0 Å². The van der Waals surface area contributed by atoms with Crippen molar-refractivity contribution in [3.05, 3.63) is 54.1 Å². The van der Waals surface area contributed by atoms with Gasteiger partial charge in [-0.2, -0.15) is 0 Å². The predicted octanol–water partition coefficient (Wildman–Crippen LogP) is 7.70. The summed E-state index contributed by atoms with van der Waals surface area (Å²) >= 11 is 1.64. The Morgan fingerprint density at radius 1 is 1.00 bits per heavy atom. The van der Waals surface area contributed by atoms with Gasteiger partial charge in [-0.3, -0.25) is 9.69 Å². The molecule has 0 aliphatic heterocycles. The Morgan fingerprint density at radius 3 is 2.22 bits per heavy atom. The number of carboxylic acids is 1. The molecular weight excluding hydrogens is 480 g/mol. The van der Waals surface area contributed by atoms with E-state index in [-0.39, 0.29) is 11.6 Å². The minimum atomic E-state index is -0.783. The zero-order valence-electron chi connectivity index (χ0n) is 22.1. The van der Waals surface area contributed by atoms with Crippen molar-refractivity contribution >= 4 is 29.4 Å². The lowest BCUT2D eigenvalue weighted by Crippen LogP contribution is -2.62. The molecule has 2 amide bonds. The standard InChI is InChI=1S/C31H40N2O3S/c1-3-5-13-33(30(36)32-31-18-21-14-22(19-31)16-23(15-21)20-31)25-7-6-8-27(17-25)37-26-11-9-24(10-12-26)28(4-2)29(34)35/h6-12,17,21-23,28H,3-5,13-16,18-20H2,1-2H3,(H,32,36)(H,34,35). The van der Waals surface area contributed by atoms with Gasteiger partial charge in [0.25, 0.3) is 0 Å². The number of nitrogens with one attached hydrogen (secondary N) is 1. The van der Waals surface area contributed by atoms with Crippen LogP contribution in [0.1, 0.15) is 83.1 Å². The molecule has 0 aromatic heterocycles. The molecule has 2 N–H and O–H groups in total. The molecule has 4 fully saturated rings. The van der Waals surface area contributed by atoms with Crippen LogP contribution in [0.5, 0.6) is 0 Å². The molecule has 6 rings (SSSR count). The zero-order chi connectivity index (χ0) is 26.0. The number of amides is 2. The number of carbonyl (C=O) groups is 2. The fraction of sp³-hybridized carbons (Fsp3) is 0.548. The third-order valence-electron chi connectivity index (χ3n) is 8.74. The second-order valence-corrected chi connectivity index (χ2v) is 12.7. The molecular formula is C31H40N2O3S. The second kappa shape index (κ2) is 11.1. The minimum absolute atomic E-state index is 0.00327. The monoisotopic (exact) mass is 520 g/mol. The number of nitrogens with zero attached hydrogens (tertiary/aromatic N) is 1. The van der Waals surface area contributed by atoms with Crippen LogP contribution in [0.4, 0.5) is 10.5 Å². The van der Waals surface area contributed by atoms with Gasteiger partial charge < -0.3 is 10.4 Å². The first kappa shape index (κ1) is 26.1. The van der Waals surface area contributed by atoms with E-state index in [1.54, 1.807) is 11.8 Å². The van der Waals surface area contributed by atoms with Gasteiger partial charge in [0, 0.05) is 27.6 Å². The van der Waals surface area contributed by atoms with Crippen LogP contribution in [-0.4, -0.2) is 29.2 Å². The number of rotatable bonds is 10. The van der Waals surface area contributed by atoms with Crippen molar-refractivity contribution in [3.63, 3.8) is 0 Å². The van der Waals surface area contributed by atoms with E-state index < -0.39 is 11.9 Å². The number of urea groups is 1. The molecule has 4 bridgehead atoms. The highest BCUT2D eigenvalue weighted by molar-refractivity contribution is 7.99. The number of anilines is 1. The summed E-state index contributed by atoms with van der Waals surface area (Å²) in [6.45, 7) is 4.78. The van der Waals surface area contributed by atoms with E-state index in [1.807, 2.05) is 48.2 Å². The van der Waals surface area contributed by atoms with Gasteiger partial charge in [0.05, 0.1) is 5.92 Å². The number of unbranched alkanes of at least 4 members (excludes halogenated alkanes) is 1. The molecule has 5 nitrogen and oxygen atoms in total. The fourth-order valence-corrected chi connectivity index (χ4v) is 8.26. The first-order valence-corrected chi connectivity index (χ1v) is 14.9. The van der Waals surface area contributed by atoms with Crippen LogP contribution >= 0.6 is 11.8 Å². The molecule has 2 aromatic rings. The van der Waals surface area contributed by atoms with Gasteiger partial charge in [-0.05, 0) is 105 Å². The predicted molar refractivity (Wildman–Crippen MR) is 149 cm³/mol. The van der Waals surface area contributed by atoms with Crippen LogP contribution in [0.15, 0.2) is 58.3 Å². The smallest absolute Gasteiger partial charge is 0.322 e. The molecule has 0 heterocycles. The van der Waals surface area contributed by atoms with E-state index in [4.69, 9.17) is 0 Å². The molecule has 198 valence electrons. The Balaban J connectivity index is 1.30. The first-order valence-electron chi connectivity index (χ1n) is 14.1. The minimum Gasteiger partial charge on any atom is -0.481 e. The van der Waals surface area contributed by atoms with Gasteiger partial charge >= 0.3 is 12.0 Å². The third kappa shape index (κ3) is 5.84. The van der Waals surface area contributed by atoms with Crippen molar-refractivity contribution in [2.24, 2.45) is 17.8 Å². The maximum Gasteiger partial charge on any atom is 0.322 e. The largest absolute Gasteiger partial charge is 0.481 e. The Hall–Kier alpha value is -2.47. The SMILES string of the molecule is CCCCN(C(=O)NC12CC3CC(CC(C3)C1)C2)c1cccc(Sc2ccc(C(CC)C(=O)O)cc2)c1. The Morgan fingerprint density at radius 2 is 1.65 bits per heavy atom. The van der Waals surface area contributed by atoms with Crippen LogP contribution in [0.2, 0.25) is 0 Å². The van der Waals surface area contributed by atoms with E-state index in [9.17, 15) is 14.7 Å². The molecule has 4 aliphatic carbocycles. The van der Waals surface area contributed by atoms with Gasteiger partial charge in [0.1, 0.15) is 0 Å². The molecule has 4 aliphatic rings. The topological polar surface area (TPSA) is 69.6 Å². The number of benzene rings is 2. The van der Waals surface area contributed by atoms with Crippen molar-refractivity contribution in [1.29, 1.82) is 0 Å². The van der Waals surface area contributed by atoms with E-state index >= 15 is 0 Å². The molecule has 37 heavy (non-hydrogen) atoms. The average molecular weight is 521 g/mol. The molecule has 2 aromatic carbocycles. The lowest BCUT2D eigenvalue weighted by atomic mass is 9.53. The normalized spacial score (nSPS) is 26.6. The van der Waals surface area contributed by atoms with Crippen molar-refractivity contribution in [2.45, 2.75) is 92.9 Å². The van der Waals surface area contributed by atoms with Crippen LogP contribution in [-0.2, 0) is 4.79 Å². The number of aliphatic carboxylic acids is 1. The average Bonchev–Trinajstić information content (AvgIpc) is 2.85. The molecule has 0 spiro atoms. The maximum absolute atomic E-state index is 13.7. The highest BCUT2D eigenvalue weighted by atomic mass is 32.2. The molecule has 4 saturated carbocycles. The Bertz CT molecular complexity index is 1080. The number of carboxylic acid groups (broad SMARTS) is 1. The maximum atomic E-state index is 13.7. The number of carbonyl (C=O) groups excluding carboxylic acids is 1. The lowest BCUT2D eigenvalue weighted by Gasteiger charge is -2.57. The Kier molecular flexibility index (Phi) is 7.85. The van der Waals surface area contributed by atoms with Crippen LogP contribution in [0.3, 0.4) is 0 Å². The Labute approximate surface area is 225 Å². The van der Waals surface area contributed by atoms with Gasteiger partial charge in [-0.15, -0.1) is 0 Å². The third-order valence-corrected chi connectivity index (χ3v) is 9.74. The van der Waals surface area contributed by atoms with Crippen molar-refractivity contribution < 1.29 is 14.7 Å². The summed E-state index contributed by atoms with van der Waals surface area (Å²) in [7, 11) is 0. The molecule has 0 radical (unpaired) electrons. The van der Waals surface area contributed by atoms with E-state index in [2.05, 4.69) is 24.4 Å². The van der Waals surface area contributed by atoms with Crippen LogP contribution in [0, 0.1) is 17.8 Å². The van der Waals surface area contributed by atoms with Gasteiger partial charge in [-0.25, -0.2) is 4.79 Å². The second-order valence-electron chi connectivity index (χ2n) is 11.6. The van der Waals surface area contributed by atoms with Crippen molar-refractivity contribution in [2.75, 3.05) is 11.4 Å². The summed E-state index contributed by atoms with van der Waals surface area (Å²) < 4.78 is 0. The van der Waals surface area contributed by atoms with Crippen LogP contribution < -0.4 is 10.2 Å². The molecule has 6 heteroatoms. The fourth-order valence-electron chi connectivity index (χ4n) is 7.39. The van der Waals surface area contributed by atoms with Gasteiger partial charge in [0.15, 0.2) is 0 Å². The zero-order valence-corrected chi connectivity index (χ0v) is 22.9. The van der Waals surface area contributed by atoms with Crippen molar-refractivity contribution in [3.8, 4) is 0 Å². The number of hydrogen-bond acceptors (Lipinski definition) is 3. The van der Waals surface area contributed by atoms with Crippen LogP contribution in [0.25, 0.3) is 0 Å². The summed E-state index contributed by atoms with van der Waals surface area (Å²) in [5, 5.41) is 13.0. The molecule has 1 unspecified atom stereocenters. The highest BCUT2D eigenvalue weighted by Crippen LogP contribution is 2.55. The number of hydrogen-bond donors (Lipinski definition) is 2. The van der Waals surface area contributed by atoms with Crippen molar-refractivity contribution in [1.82, 2.24) is 5.32 Å². The van der Waals surface area contributed by atoms with Gasteiger partial charge in [0.2, 0.25) is 0 Å². The molecule has 1 atom stereocenters. The summed E-state index contributed by atoms with van der Waals surface area (Å²) in [5.41, 5.74) is 1.77. The van der Waals surface area contributed by atoms with E-state index in [0.717, 1.165) is 70.9 Å². The summed E-state index contributed by atoms with van der Waals surface area (Å²) in [5.74, 6) is 1.14. The summed E-state index contributed by atoms with van der Waals surface area (Å²) in [4.78, 5) is 29.3. The first-order chi connectivity index (χ1) is 17.9. The summed E-state index contributed by atoms with van der Waals surface area (Å²) in [6, 6.07) is 16.1. The van der Waals surface area contributed by atoms with E-state index in [1.165, 1.54) is 19.3 Å². The highest BCUT2D eigenvalue weighted by Gasteiger charge is 2.51. The van der Waals surface area contributed by atoms with Gasteiger partial charge in [-0.1, -0.05) is 50.2 Å². The lowest BCUT2D eigenvalue weighted by molar-refractivity contribution is -0.138. The quantitative estimate of drug-likeness (QED) is 0.337. The summed E-state index contributed by atoms with van der Waals surface area (Å²) in [6.07, 6.45) is 10.1. The molecule has 0 saturated heterocycles.